The van der Waals surface area contributed by atoms with E-state index in [4.69, 9.17) is 14.2 Å². The average molecular weight is 294 g/mol. The van der Waals surface area contributed by atoms with Crippen LogP contribution in [0.15, 0.2) is 21.7 Å². The van der Waals surface area contributed by atoms with Crippen molar-refractivity contribution in [2.75, 3.05) is 27.9 Å². The normalized spacial score (nSPS) is 10.8. The summed E-state index contributed by atoms with van der Waals surface area (Å²) >= 11 is 0. The molecule has 0 bridgehead atoms. The summed E-state index contributed by atoms with van der Waals surface area (Å²) in [6, 6.07) is 3.15. The van der Waals surface area contributed by atoms with Gasteiger partial charge in [-0.3, -0.25) is 9.36 Å². The Bertz CT molecular complexity index is 747. The molecule has 0 aliphatic heterocycles. The number of fused-ring (bicyclic) bond motifs is 1. The van der Waals surface area contributed by atoms with Gasteiger partial charge in [0.2, 0.25) is 0 Å². The number of aromatic nitrogens is 2. The second kappa shape index (κ2) is 6.45. The Kier molecular flexibility index (Phi) is 4.64. The van der Waals surface area contributed by atoms with Crippen LogP contribution in [-0.4, -0.2) is 37.5 Å². The van der Waals surface area contributed by atoms with Gasteiger partial charge in [-0.2, -0.15) is 0 Å². The Morgan fingerprint density at radius 1 is 1.10 bits per heavy atom. The first-order valence-corrected chi connectivity index (χ1v) is 6.50. The van der Waals surface area contributed by atoms with Crippen LogP contribution in [-0.2, 0) is 11.3 Å². The van der Waals surface area contributed by atoms with E-state index in [1.807, 2.05) is 0 Å². The molecule has 21 heavy (non-hydrogen) atoms. The third-order valence-electron chi connectivity index (χ3n) is 3.22. The molecule has 0 fully saturated rings. The Morgan fingerprint density at radius 2 is 1.76 bits per heavy atom. The highest BCUT2D eigenvalue weighted by molar-refractivity contribution is 5.81. The molecule has 2 aromatic rings. The maximum atomic E-state index is 12.4. The van der Waals surface area contributed by atoms with Gasteiger partial charge >= 0.3 is 5.69 Å². The molecule has 0 atom stereocenters. The molecule has 0 saturated carbocycles. The Balaban J connectivity index is 2.59. The van der Waals surface area contributed by atoms with E-state index in [0.29, 0.717) is 42.0 Å². The number of nitrogens with zero attached hydrogens (tertiary/aromatic N) is 1. The summed E-state index contributed by atoms with van der Waals surface area (Å²) < 4.78 is 16.4. The number of hydrogen-bond acceptors (Lipinski definition) is 5. The van der Waals surface area contributed by atoms with Crippen LogP contribution in [0.25, 0.3) is 10.9 Å². The van der Waals surface area contributed by atoms with Crippen LogP contribution in [0, 0.1) is 0 Å². The van der Waals surface area contributed by atoms with Gasteiger partial charge in [-0.1, -0.05) is 0 Å². The van der Waals surface area contributed by atoms with Crippen molar-refractivity contribution in [1.29, 1.82) is 0 Å². The molecule has 2 rings (SSSR count). The van der Waals surface area contributed by atoms with Gasteiger partial charge in [0.15, 0.2) is 11.5 Å². The van der Waals surface area contributed by atoms with Crippen LogP contribution >= 0.6 is 0 Å². The molecule has 7 nitrogen and oxygen atoms in total. The maximum Gasteiger partial charge on any atom is 0.328 e. The second-order valence-corrected chi connectivity index (χ2v) is 4.49. The van der Waals surface area contributed by atoms with Gasteiger partial charge in [-0.05, 0) is 12.5 Å². The lowest BCUT2D eigenvalue weighted by molar-refractivity contribution is 0.189. The number of rotatable bonds is 6. The topological polar surface area (TPSA) is 82.6 Å². The molecule has 0 spiro atoms. The molecule has 1 heterocycles. The summed E-state index contributed by atoms with van der Waals surface area (Å²) in [6.45, 7) is 0.780. The molecule has 0 aliphatic carbocycles. The fourth-order valence-corrected chi connectivity index (χ4v) is 2.15. The zero-order valence-electron chi connectivity index (χ0n) is 12.3. The standard InChI is InChI=1S/C14H18N2O5/c1-19-6-4-5-16-13(17)9-7-11(20-2)12(21-3)8-10(9)15-14(16)18/h7-8H,4-6H2,1-3H3,(H,15,18). The molecule has 0 saturated heterocycles. The van der Waals surface area contributed by atoms with Gasteiger partial charge in [0.1, 0.15) is 0 Å². The highest BCUT2D eigenvalue weighted by Gasteiger charge is 2.12. The Morgan fingerprint density at radius 3 is 2.38 bits per heavy atom. The molecular formula is C14H18N2O5. The fourth-order valence-electron chi connectivity index (χ4n) is 2.15. The SMILES string of the molecule is COCCCn1c(=O)[nH]c2cc(OC)c(OC)cc2c1=O. The van der Waals surface area contributed by atoms with Crippen molar-refractivity contribution >= 4 is 10.9 Å². The lowest BCUT2D eigenvalue weighted by atomic mass is 10.2. The van der Waals surface area contributed by atoms with Crippen molar-refractivity contribution in [3.63, 3.8) is 0 Å². The predicted molar refractivity (Wildman–Crippen MR) is 78.4 cm³/mol. The molecular weight excluding hydrogens is 276 g/mol. The first-order valence-electron chi connectivity index (χ1n) is 6.50. The number of H-pyrrole nitrogens is 1. The van der Waals surface area contributed by atoms with Crippen LogP contribution in [0.5, 0.6) is 11.5 Å². The molecule has 1 aromatic heterocycles. The Hall–Kier alpha value is -2.28. The lowest BCUT2D eigenvalue weighted by Crippen LogP contribution is -2.35. The van der Waals surface area contributed by atoms with Crippen molar-refractivity contribution in [3.05, 3.63) is 33.0 Å². The third kappa shape index (κ3) is 2.92. The van der Waals surface area contributed by atoms with E-state index in [0.717, 1.165) is 4.57 Å². The summed E-state index contributed by atoms with van der Waals surface area (Å²) in [7, 11) is 4.56. The first-order chi connectivity index (χ1) is 10.1. The van der Waals surface area contributed by atoms with Gasteiger partial charge in [-0.25, -0.2) is 4.79 Å². The van der Waals surface area contributed by atoms with E-state index in [1.165, 1.54) is 14.2 Å². The highest BCUT2D eigenvalue weighted by Crippen LogP contribution is 2.29. The number of benzene rings is 1. The van der Waals surface area contributed by atoms with E-state index >= 15 is 0 Å². The first kappa shape index (κ1) is 15.1. The fraction of sp³-hybridized carbons (Fsp3) is 0.429. The van der Waals surface area contributed by atoms with E-state index in [9.17, 15) is 9.59 Å². The molecule has 0 unspecified atom stereocenters. The largest absolute Gasteiger partial charge is 0.493 e. The molecule has 0 amide bonds. The van der Waals surface area contributed by atoms with Crippen molar-refractivity contribution in [2.45, 2.75) is 13.0 Å². The quantitative estimate of drug-likeness (QED) is 0.795. The minimum Gasteiger partial charge on any atom is -0.493 e. The van der Waals surface area contributed by atoms with Gasteiger partial charge in [-0.15, -0.1) is 0 Å². The molecule has 1 aromatic carbocycles. The minimum absolute atomic E-state index is 0.298. The van der Waals surface area contributed by atoms with Crippen LogP contribution < -0.4 is 20.7 Å². The van der Waals surface area contributed by atoms with Gasteiger partial charge < -0.3 is 19.2 Å². The number of nitrogens with one attached hydrogen (secondary N) is 1. The zero-order valence-corrected chi connectivity index (χ0v) is 12.3. The van der Waals surface area contributed by atoms with Gasteiger partial charge in [0, 0.05) is 26.3 Å². The van der Waals surface area contributed by atoms with Crippen molar-refractivity contribution in [1.82, 2.24) is 9.55 Å². The van der Waals surface area contributed by atoms with E-state index in [2.05, 4.69) is 4.98 Å². The number of ether oxygens (including phenoxy) is 3. The smallest absolute Gasteiger partial charge is 0.328 e. The zero-order chi connectivity index (χ0) is 15.4. The summed E-state index contributed by atoms with van der Waals surface area (Å²) in [5.74, 6) is 0.898. The summed E-state index contributed by atoms with van der Waals surface area (Å²) in [5.41, 5.74) is -0.382. The van der Waals surface area contributed by atoms with Crippen LogP contribution in [0.1, 0.15) is 6.42 Å². The van der Waals surface area contributed by atoms with Crippen LogP contribution in [0.2, 0.25) is 0 Å². The minimum atomic E-state index is -0.448. The molecule has 1 N–H and O–H groups in total. The van der Waals surface area contributed by atoms with Gasteiger partial charge in [0.05, 0.1) is 25.1 Å². The van der Waals surface area contributed by atoms with E-state index in [-0.39, 0.29) is 5.56 Å². The molecule has 0 aliphatic rings. The van der Waals surface area contributed by atoms with E-state index < -0.39 is 5.69 Å². The van der Waals surface area contributed by atoms with Gasteiger partial charge in [0.25, 0.3) is 5.56 Å². The third-order valence-corrected chi connectivity index (χ3v) is 3.22. The predicted octanol–water partition coefficient (Wildman–Crippen LogP) is 0.743. The summed E-state index contributed by atoms with van der Waals surface area (Å²) in [6.07, 6.45) is 0.582. The van der Waals surface area contributed by atoms with Crippen LogP contribution in [0.3, 0.4) is 0 Å². The maximum absolute atomic E-state index is 12.4. The van der Waals surface area contributed by atoms with Crippen molar-refractivity contribution in [2.24, 2.45) is 0 Å². The summed E-state index contributed by atoms with van der Waals surface area (Å²) in [5, 5.41) is 0.379. The Labute approximate surface area is 121 Å². The van der Waals surface area contributed by atoms with E-state index in [1.54, 1.807) is 19.2 Å². The second-order valence-electron chi connectivity index (χ2n) is 4.49. The molecule has 7 heteroatoms. The van der Waals surface area contributed by atoms with Crippen LogP contribution in [0.4, 0.5) is 0 Å². The monoisotopic (exact) mass is 294 g/mol. The highest BCUT2D eigenvalue weighted by atomic mass is 16.5. The van der Waals surface area contributed by atoms with Crippen molar-refractivity contribution in [3.8, 4) is 11.5 Å². The van der Waals surface area contributed by atoms with Crippen molar-refractivity contribution < 1.29 is 14.2 Å². The molecule has 114 valence electrons. The summed E-state index contributed by atoms with van der Waals surface area (Å²) in [4.78, 5) is 27.1. The number of hydrogen-bond donors (Lipinski definition) is 1. The number of aromatic amines is 1. The lowest BCUT2D eigenvalue weighted by Gasteiger charge is -2.10. The molecule has 0 radical (unpaired) electrons. The number of methoxy groups -OCH3 is 3. The average Bonchev–Trinajstić information content (AvgIpc) is 2.49.